The first-order valence-electron chi connectivity index (χ1n) is 5.85. The molecule has 0 radical (unpaired) electrons. The smallest absolute Gasteiger partial charge is 0.178 e. The average molecular weight is 232 g/mol. The van der Waals surface area contributed by atoms with Gasteiger partial charge in [0.15, 0.2) is 4.77 Å². The van der Waals surface area contributed by atoms with Gasteiger partial charge in [0.25, 0.3) is 0 Å². The number of hydrogen-bond donors (Lipinski definition) is 1. The summed E-state index contributed by atoms with van der Waals surface area (Å²) < 4.78 is 3.14. The highest BCUT2D eigenvalue weighted by atomic mass is 32.1. The van der Waals surface area contributed by atoms with Gasteiger partial charge in [0.2, 0.25) is 0 Å². The maximum absolute atomic E-state index is 5.40. The SMILES string of the molecule is Cc1cccc2[nH]c(=S)n(CC3CC3C)c12. The number of rotatable bonds is 2. The molecule has 0 amide bonds. The lowest BCUT2D eigenvalue weighted by atomic mass is 10.2. The van der Waals surface area contributed by atoms with Gasteiger partial charge in [-0.3, -0.25) is 0 Å². The standard InChI is InChI=1S/C13H16N2S/c1-8-4-3-5-11-12(8)15(13(16)14-11)7-10-6-9(10)2/h3-5,9-10H,6-7H2,1-2H3,(H,14,16). The van der Waals surface area contributed by atoms with Crippen molar-refractivity contribution in [3.8, 4) is 0 Å². The average Bonchev–Trinajstić information content (AvgIpc) is 2.81. The first-order valence-corrected chi connectivity index (χ1v) is 6.26. The van der Waals surface area contributed by atoms with Gasteiger partial charge in [-0.05, 0) is 49.0 Å². The molecule has 16 heavy (non-hydrogen) atoms. The van der Waals surface area contributed by atoms with Gasteiger partial charge in [0, 0.05) is 6.54 Å². The third kappa shape index (κ3) is 1.50. The van der Waals surface area contributed by atoms with Gasteiger partial charge >= 0.3 is 0 Å². The van der Waals surface area contributed by atoms with Crippen molar-refractivity contribution in [1.82, 2.24) is 9.55 Å². The first-order chi connectivity index (χ1) is 7.66. The summed E-state index contributed by atoms with van der Waals surface area (Å²) in [5, 5.41) is 0. The molecule has 2 aromatic rings. The summed E-state index contributed by atoms with van der Waals surface area (Å²) in [6.07, 6.45) is 1.35. The maximum atomic E-state index is 5.40. The van der Waals surface area contributed by atoms with E-state index in [0.717, 1.165) is 23.2 Å². The fourth-order valence-electron chi connectivity index (χ4n) is 2.46. The minimum absolute atomic E-state index is 0.824. The number of aryl methyl sites for hydroxylation is 1. The zero-order valence-electron chi connectivity index (χ0n) is 9.66. The van der Waals surface area contributed by atoms with E-state index in [-0.39, 0.29) is 0 Å². The van der Waals surface area contributed by atoms with E-state index < -0.39 is 0 Å². The van der Waals surface area contributed by atoms with Crippen LogP contribution >= 0.6 is 12.2 Å². The molecule has 3 rings (SSSR count). The number of H-pyrrole nitrogens is 1. The third-order valence-corrected chi connectivity index (χ3v) is 4.01. The summed E-state index contributed by atoms with van der Waals surface area (Å²) in [6, 6.07) is 6.33. The number of para-hydroxylation sites is 1. The Kier molecular flexibility index (Phi) is 2.18. The van der Waals surface area contributed by atoms with Crippen molar-refractivity contribution in [2.45, 2.75) is 26.8 Å². The number of imidazole rings is 1. The van der Waals surface area contributed by atoms with Crippen LogP contribution in [0.5, 0.6) is 0 Å². The van der Waals surface area contributed by atoms with Gasteiger partial charge in [0.1, 0.15) is 0 Å². The van der Waals surface area contributed by atoms with Crippen LogP contribution in [0.3, 0.4) is 0 Å². The van der Waals surface area contributed by atoms with Crippen LogP contribution in [0.1, 0.15) is 18.9 Å². The van der Waals surface area contributed by atoms with E-state index >= 15 is 0 Å². The van der Waals surface area contributed by atoms with Crippen molar-refractivity contribution in [3.05, 3.63) is 28.5 Å². The molecule has 2 unspecified atom stereocenters. The first kappa shape index (κ1) is 10.1. The van der Waals surface area contributed by atoms with Crippen LogP contribution in [-0.2, 0) is 6.54 Å². The summed E-state index contributed by atoms with van der Waals surface area (Å²) in [6.45, 7) is 5.54. The molecule has 0 saturated heterocycles. The minimum atomic E-state index is 0.824. The number of aromatic amines is 1. The molecule has 1 N–H and O–H groups in total. The lowest BCUT2D eigenvalue weighted by Crippen LogP contribution is -2.01. The van der Waals surface area contributed by atoms with Gasteiger partial charge < -0.3 is 9.55 Å². The molecule has 0 bridgehead atoms. The monoisotopic (exact) mass is 232 g/mol. The highest BCUT2D eigenvalue weighted by Crippen LogP contribution is 2.39. The molecule has 0 spiro atoms. The molecular weight excluding hydrogens is 216 g/mol. The lowest BCUT2D eigenvalue weighted by Gasteiger charge is -2.05. The second kappa shape index (κ2) is 3.45. The van der Waals surface area contributed by atoms with Crippen LogP contribution in [0.4, 0.5) is 0 Å². The number of hydrogen-bond acceptors (Lipinski definition) is 1. The Labute approximate surface area is 100 Å². The molecule has 2 nitrogen and oxygen atoms in total. The zero-order chi connectivity index (χ0) is 11.3. The summed E-state index contributed by atoms with van der Waals surface area (Å²) in [4.78, 5) is 3.29. The van der Waals surface area contributed by atoms with Gasteiger partial charge in [-0.2, -0.15) is 0 Å². The molecule has 0 aliphatic heterocycles. The molecule has 84 valence electrons. The Morgan fingerprint density at radius 2 is 2.25 bits per heavy atom. The van der Waals surface area contributed by atoms with E-state index in [1.807, 2.05) is 0 Å². The molecule has 1 aliphatic carbocycles. The Morgan fingerprint density at radius 3 is 2.94 bits per heavy atom. The predicted molar refractivity (Wildman–Crippen MR) is 69.1 cm³/mol. The van der Waals surface area contributed by atoms with E-state index in [4.69, 9.17) is 12.2 Å². The largest absolute Gasteiger partial charge is 0.331 e. The van der Waals surface area contributed by atoms with E-state index in [1.54, 1.807) is 0 Å². The van der Waals surface area contributed by atoms with Crippen LogP contribution in [0.15, 0.2) is 18.2 Å². The number of nitrogens with zero attached hydrogens (tertiary/aromatic N) is 1. The molecule has 1 aromatic carbocycles. The molecule has 1 fully saturated rings. The highest BCUT2D eigenvalue weighted by molar-refractivity contribution is 7.71. The number of benzene rings is 1. The molecule has 1 saturated carbocycles. The van der Waals surface area contributed by atoms with Crippen molar-refractivity contribution < 1.29 is 0 Å². The highest BCUT2D eigenvalue weighted by Gasteiger charge is 2.33. The minimum Gasteiger partial charge on any atom is -0.331 e. The van der Waals surface area contributed by atoms with E-state index in [2.05, 4.69) is 41.6 Å². The Balaban J connectivity index is 2.14. The second-order valence-corrected chi connectivity index (χ2v) is 5.37. The van der Waals surface area contributed by atoms with Gasteiger partial charge in [-0.15, -0.1) is 0 Å². The lowest BCUT2D eigenvalue weighted by molar-refractivity contribution is 0.600. The molecule has 1 aromatic heterocycles. The van der Waals surface area contributed by atoms with E-state index in [1.165, 1.54) is 23.0 Å². The van der Waals surface area contributed by atoms with Crippen molar-refractivity contribution in [1.29, 1.82) is 0 Å². The summed E-state index contributed by atoms with van der Waals surface area (Å²) in [5.74, 6) is 1.70. The van der Waals surface area contributed by atoms with Gasteiger partial charge in [-0.1, -0.05) is 19.1 Å². The van der Waals surface area contributed by atoms with Crippen molar-refractivity contribution in [2.24, 2.45) is 11.8 Å². The van der Waals surface area contributed by atoms with Crippen molar-refractivity contribution in [2.75, 3.05) is 0 Å². The number of nitrogens with one attached hydrogen (secondary N) is 1. The Morgan fingerprint density at radius 1 is 1.50 bits per heavy atom. The molecule has 2 atom stereocenters. The quantitative estimate of drug-likeness (QED) is 0.784. The topological polar surface area (TPSA) is 20.7 Å². The summed E-state index contributed by atoms with van der Waals surface area (Å²) >= 11 is 5.40. The second-order valence-electron chi connectivity index (χ2n) is 4.98. The molecule has 1 heterocycles. The van der Waals surface area contributed by atoms with Crippen LogP contribution < -0.4 is 0 Å². The van der Waals surface area contributed by atoms with Crippen LogP contribution in [0.25, 0.3) is 11.0 Å². The zero-order valence-corrected chi connectivity index (χ0v) is 10.5. The maximum Gasteiger partial charge on any atom is 0.178 e. The van der Waals surface area contributed by atoms with Crippen molar-refractivity contribution >= 4 is 23.3 Å². The predicted octanol–water partition coefficient (Wildman–Crippen LogP) is 3.66. The van der Waals surface area contributed by atoms with Gasteiger partial charge in [0.05, 0.1) is 11.0 Å². The third-order valence-electron chi connectivity index (χ3n) is 3.69. The fourth-order valence-corrected chi connectivity index (χ4v) is 2.74. The number of aromatic nitrogens is 2. The van der Waals surface area contributed by atoms with Crippen LogP contribution in [0, 0.1) is 23.5 Å². The van der Waals surface area contributed by atoms with Crippen LogP contribution in [0.2, 0.25) is 0 Å². The van der Waals surface area contributed by atoms with Crippen LogP contribution in [-0.4, -0.2) is 9.55 Å². The van der Waals surface area contributed by atoms with Crippen molar-refractivity contribution in [3.63, 3.8) is 0 Å². The van der Waals surface area contributed by atoms with E-state index in [0.29, 0.717) is 0 Å². The normalized spacial score (nSPS) is 23.9. The summed E-state index contributed by atoms with van der Waals surface area (Å²) in [5.41, 5.74) is 3.75. The fraction of sp³-hybridized carbons (Fsp3) is 0.462. The van der Waals surface area contributed by atoms with E-state index in [9.17, 15) is 0 Å². The number of fused-ring (bicyclic) bond motifs is 1. The molecular formula is C13H16N2S. The summed E-state index contributed by atoms with van der Waals surface area (Å²) in [7, 11) is 0. The Bertz CT molecular complexity index is 593. The van der Waals surface area contributed by atoms with Gasteiger partial charge in [-0.25, -0.2) is 0 Å². The Hall–Kier alpha value is -1.09. The molecule has 3 heteroatoms. The molecule has 1 aliphatic rings.